The van der Waals surface area contributed by atoms with Crippen molar-refractivity contribution in [2.24, 2.45) is 5.92 Å². The van der Waals surface area contributed by atoms with Gasteiger partial charge in [-0.05, 0) is 43.0 Å². The predicted octanol–water partition coefficient (Wildman–Crippen LogP) is 3.47. The van der Waals surface area contributed by atoms with E-state index in [2.05, 4.69) is 17.9 Å². The summed E-state index contributed by atoms with van der Waals surface area (Å²) in [5, 5.41) is 0.0103. The van der Waals surface area contributed by atoms with E-state index >= 15 is 0 Å². The van der Waals surface area contributed by atoms with Crippen LogP contribution in [0.1, 0.15) is 30.7 Å². The molecule has 2 heterocycles. The average molecular weight is 296 g/mol. The molecule has 110 valence electrons. The van der Waals surface area contributed by atoms with Gasteiger partial charge in [0.1, 0.15) is 13.2 Å². The molecule has 3 nitrogen and oxygen atoms in total. The maximum atomic E-state index is 6.59. The van der Waals surface area contributed by atoms with Gasteiger partial charge in [0.15, 0.2) is 11.5 Å². The number of alkyl halides is 1. The van der Waals surface area contributed by atoms with Gasteiger partial charge in [-0.3, -0.25) is 0 Å². The van der Waals surface area contributed by atoms with Crippen molar-refractivity contribution in [1.82, 2.24) is 4.90 Å². The van der Waals surface area contributed by atoms with E-state index in [1.54, 1.807) is 0 Å². The van der Waals surface area contributed by atoms with E-state index in [9.17, 15) is 0 Å². The lowest BCUT2D eigenvalue weighted by molar-refractivity contribution is 0.170. The van der Waals surface area contributed by atoms with Gasteiger partial charge in [-0.15, -0.1) is 11.6 Å². The van der Waals surface area contributed by atoms with Gasteiger partial charge in [0.25, 0.3) is 0 Å². The molecule has 2 atom stereocenters. The largest absolute Gasteiger partial charge is 0.486 e. The SMILES string of the molecule is CC1CCCN(CC(Cl)c2ccc3c(c2)OCCO3)C1. The summed E-state index contributed by atoms with van der Waals surface area (Å²) >= 11 is 6.59. The lowest BCUT2D eigenvalue weighted by atomic mass is 9.99. The Morgan fingerprint density at radius 3 is 2.90 bits per heavy atom. The minimum absolute atomic E-state index is 0.0103. The number of piperidine rings is 1. The molecule has 0 aromatic heterocycles. The normalized spacial score (nSPS) is 24.4. The highest BCUT2D eigenvalue weighted by atomic mass is 35.5. The molecule has 0 saturated carbocycles. The van der Waals surface area contributed by atoms with E-state index in [4.69, 9.17) is 21.1 Å². The van der Waals surface area contributed by atoms with Gasteiger partial charge in [0, 0.05) is 13.1 Å². The minimum Gasteiger partial charge on any atom is -0.486 e. The first-order valence-electron chi connectivity index (χ1n) is 7.48. The van der Waals surface area contributed by atoms with E-state index in [-0.39, 0.29) is 5.38 Å². The molecule has 2 aliphatic heterocycles. The summed E-state index contributed by atoms with van der Waals surface area (Å²) in [6.45, 7) is 6.80. The summed E-state index contributed by atoms with van der Waals surface area (Å²) in [7, 11) is 0. The summed E-state index contributed by atoms with van der Waals surface area (Å²) in [6.07, 6.45) is 2.62. The number of rotatable bonds is 3. The summed E-state index contributed by atoms with van der Waals surface area (Å²) in [5.74, 6) is 2.44. The van der Waals surface area contributed by atoms with Crippen molar-refractivity contribution in [3.8, 4) is 11.5 Å². The maximum Gasteiger partial charge on any atom is 0.161 e. The molecule has 2 aliphatic rings. The van der Waals surface area contributed by atoms with E-state index in [0.717, 1.165) is 42.6 Å². The van der Waals surface area contributed by atoms with Crippen LogP contribution in [0.3, 0.4) is 0 Å². The van der Waals surface area contributed by atoms with Crippen molar-refractivity contribution in [3.63, 3.8) is 0 Å². The topological polar surface area (TPSA) is 21.7 Å². The van der Waals surface area contributed by atoms with Crippen LogP contribution in [0.25, 0.3) is 0 Å². The van der Waals surface area contributed by atoms with Crippen LogP contribution in [0.5, 0.6) is 11.5 Å². The molecular formula is C16H22ClNO2. The molecule has 1 saturated heterocycles. The molecule has 20 heavy (non-hydrogen) atoms. The average Bonchev–Trinajstić information content (AvgIpc) is 2.47. The molecule has 0 N–H and O–H groups in total. The first-order valence-corrected chi connectivity index (χ1v) is 7.92. The van der Waals surface area contributed by atoms with E-state index in [1.807, 2.05) is 12.1 Å². The van der Waals surface area contributed by atoms with Crippen LogP contribution in [0, 0.1) is 5.92 Å². The van der Waals surface area contributed by atoms with Gasteiger partial charge in [-0.1, -0.05) is 13.0 Å². The van der Waals surface area contributed by atoms with Crippen LogP contribution in [0.4, 0.5) is 0 Å². The van der Waals surface area contributed by atoms with Gasteiger partial charge >= 0.3 is 0 Å². The fourth-order valence-corrected chi connectivity index (χ4v) is 3.37. The number of hydrogen-bond donors (Lipinski definition) is 0. The number of ether oxygens (including phenoxy) is 2. The molecule has 0 radical (unpaired) electrons. The molecule has 4 heteroatoms. The van der Waals surface area contributed by atoms with Crippen molar-refractivity contribution in [3.05, 3.63) is 23.8 Å². The van der Waals surface area contributed by atoms with E-state index in [1.165, 1.54) is 12.8 Å². The van der Waals surface area contributed by atoms with Crippen LogP contribution >= 0.6 is 11.6 Å². The highest BCUT2D eigenvalue weighted by Crippen LogP contribution is 2.34. The third kappa shape index (κ3) is 3.21. The van der Waals surface area contributed by atoms with Gasteiger partial charge < -0.3 is 14.4 Å². The summed E-state index contributed by atoms with van der Waals surface area (Å²) in [4.78, 5) is 2.47. The van der Waals surface area contributed by atoms with Crippen molar-refractivity contribution in [2.45, 2.75) is 25.1 Å². The molecule has 3 rings (SSSR count). The highest BCUT2D eigenvalue weighted by Gasteiger charge is 2.21. The second-order valence-electron chi connectivity index (χ2n) is 5.88. The maximum absolute atomic E-state index is 6.59. The number of halogens is 1. The minimum atomic E-state index is 0.0103. The Bertz CT molecular complexity index is 466. The molecule has 0 bridgehead atoms. The standard InChI is InChI=1S/C16H22ClNO2/c1-12-3-2-6-18(10-12)11-14(17)13-4-5-15-16(9-13)20-8-7-19-15/h4-5,9,12,14H,2-3,6-8,10-11H2,1H3. The van der Waals surface area contributed by atoms with Gasteiger partial charge in [0.2, 0.25) is 0 Å². The number of benzene rings is 1. The molecular weight excluding hydrogens is 274 g/mol. The second kappa shape index (κ2) is 6.23. The van der Waals surface area contributed by atoms with Crippen LogP contribution in [-0.4, -0.2) is 37.7 Å². The Morgan fingerprint density at radius 2 is 2.10 bits per heavy atom. The first kappa shape index (κ1) is 14.0. The fourth-order valence-electron chi connectivity index (χ4n) is 3.04. The molecule has 2 unspecified atom stereocenters. The van der Waals surface area contributed by atoms with Crippen LogP contribution in [0.2, 0.25) is 0 Å². The van der Waals surface area contributed by atoms with Crippen molar-refractivity contribution in [1.29, 1.82) is 0 Å². The lowest BCUT2D eigenvalue weighted by Gasteiger charge is -2.32. The molecule has 0 amide bonds. The third-order valence-corrected chi connectivity index (χ3v) is 4.48. The zero-order chi connectivity index (χ0) is 13.9. The second-order valence-corrected chi connectivity index (χ2v) is 6.40. The van der Waals surface area contributed by atoms with Gasteiger partial charge in [-0.2, -0.15) is 0 Å². The third-order valence-electron chi connectivity index (χ3n) is 4.09. The van der Waals surface area contributed by atoms with Crippen molar-refractivity contribution in [2.75, 3.05) is 32.8 Å². The highest BCUT2D eigenvalue weighted by molar-refractivity contribution is 6.21. The Kier molecular flexibility index (Phi) is 4.37. The lowest BCUT2D eigenvalue weighted by Crippen LogP contribution is -2.36. The summed E-state index contributed by atoms with van der Waals surface area (Å²) in [5.41, 5.74) is 1.12. The quantitative estimate of drug-likeness (QED) is 0.797. The number of hydrogen-bond acceptors (Lipinski definition) is 3. The van der Waals surface area contributed by atoms with Gasteiger partial charge in [0.05, 0.1) is 5.38 Å². The Balaban J connectivity index is 1.66. The zero-order valence-corrected chi connectivity index (χ0v) is 12.7. The number of nitrogens with zero attached hydrogens (tertiary/aromatic N) is 1. The Morgan fingerprint density at radius 1 is 1.30 bits per heavy atom. The van der Waals surface area contributed by atoms with Crippen molar-refractivity contribution >= 4 is 11.6 Å². The predicted molar refractivity (Wildman–Crippen MR) is 80.9 cm³/mol. The fraction of sp³-hybridized carbons (Fsp3) is 0.625. The summed E-state index contributed by atoms with van der Waals surface area (Å²) in [6, 6.07) is 6.05. The molecule has 0 spiro atoms. The molecule has 1 aromatic rings. The van der Waals surface area contributed by atoms with E-state index in [0.29, 0.717) is 13.2 Å². The molecule has 1 aromatic carbocycles. The Hall–Kier alpha value is -0.930. The number of fused-ring (bicyclic) bond motifs is 1. The first-order chi connectivity index (χ1) is 9.72. The van der Waals surface area contributed by atoms with Crippen LogP contribution in [-0.2, 0) is 0 Å². The van der Waals surface area contributed by atoms with Gasteiger partial charge in [-0.25, -0.2) is 0 Å². The zero-order valence-electron chi connectivity index (χ0n) is 12.0. The van der Waals surface area contributed by atoms with Crippen LogP contribution in [0.15, 0.2) is 18.2 Å². The number of likely N-dealkylation sites (tertiary alicyclic amines) is 1. The van der Waals surface area contributed by atoms with Crippen molar-refractivity contribution < 1.29 is 9.47 Å². The smallest absolute Gasteiger partial charge is 0.161 e. The molecule has 0 aliphatic carbocycles. The monoisotopic (exact) mass is 295 g/mol. The van der Waals surface area contributed by atoms with E-state index < -0.39 is 0 Å². The van der Waals surface area contributed by atoms with Crippen LogP contribution < -0.4 is 9.47 Å². The Labute approximate surface area is 125 Å². The molecule has 1 fully saturated rings. The summed E-state index contributed by atoms with van der Waals surface area (Å²) < 4.78 is 11.2.